The zero-order chi connectivity index (χ0) is 23.1. The maximum Gasteiger partial charge on any atom is 0.270 e. The zero-order valence-corrected chi connectivity index (χ0v) is 19.5. The number of sulfonamides is 1. The number of benzene rings is 1. The van der Waals surface area contributed by atoms with Crippen LogP contribution in [0.5, 0.6) is 5.88 Å². The maximum absolute atomic E-state index is 14.0. The van der Waals surface area contributed by atoms with Crippen LogP contribution in [0.4, 0.5) is 8.78 Å². The van der Waals surface area contributed by atoms with Crippen LogP contribution in [0.3, 0.4) is 0 Å². The first-order chi connectivity index (χ1) is 15.7. The van der Waals surface area contributed by atoms with E-state index in [1.54, 1.807) is 0 Å². The highest BCUT2D eigenvalue weighted by molar-refractivity contribution is 7.89. The number of ether oxygens (including phenoxy) is 1. The third kappa shape index (κ3) is 3.30. The van der Waals surface area contributed by atoms with Crippen molar-refractivity contribution >= 4 is 27.3 Å². The average molecular weight is 496 g/mol. The van der Waals surface area contributed by atoms with Crippen molar-refractivity contribution in [1.82, 2.24) is 14.2 Å². The number of rotatable bonds is 4. The summed E-state index contributed by atoms with van der Waals surface area (Å²) in [5.41, 5.74) is -0.187. The van der Waals surface area contributed by atoms with Crippen molar-refractivity contribution in [3.63, 3.8) is 0 Å². The number of hydrogen-bond acceptors (Lipinski definition) is 6. The van der Waals surface area contributed by atoms with Gasteiger partial charge in [0.05, 0.1) is 6.04 Å². The normalized spacial score (nSPS) is 29.1. The van der Waals surface area contributed by atoms with Crippen LogP contribution in [-0.4, -0.2) is 66.5 Å². The first kappa shape index (κ1) is 21.4. The summed E-state index contributed by atoms with van der Waals surface area (Å²) in [5, 5.41) is 0.619. The Bertz CT molecular complexity index is 1240. The molecule has 0 N–H and O–H groups in total. The monoisotopic (exact) mass is 495 g/mol. The Morgan fingerprint density at radius 2 is 1.94 bits per heavy atom. The average Bonchev–Trinajstić information content (AvgIpc) is 3.31. The second-order valence-corrected chi connectivity index (χ2v) is 12.6. The molecule has 2 aliphatic heterocycles. The number of halogens is 2. The molecule has 1 aromatic heterocycles. The van der Waals surface area contributed by atoms with Crippen LogP contribution in [0.1, 0.15) is 46.8 Å². The number of alkyl halides is 1. The van der Waals surface area contributed by atoms with E-state index in [1.165, 1.54) is 33.8 Å². The van der Waals surface area contributed by atoms with Gasteiger partial charge in [-0.2, -0.15) is 4.31 Å². The summed E-state index contributed by atoms with van der Waals surface area (Å²) >= 11 is 1.22. The Kier molecular flexibility index (Phi) is 4.67. The van der Waals surface area contributed by atoms with Gasteiger partial charge in [-0.1, -0.05) is 12.1 Å². The van der Waals surface area contributed by atoms with Gasteiger partial charge in [0.25, 0.3) is 5.91 Å². The molecule has 2 aliphatic carbocycles. The number of carbonyl (C=O) groups is 1. The van der Waals surface area contributed by atoms with Crippen molar-refractivity contribution in [2.24, 2.45) is 5.41 Å². The fourth-order valence-corrected chi connectivity index (χ4v) is 8.16. The van der Waals surface area contributed by atoms with Gasteiger partial charge in [0, 0.05) is 30.5 Å². The van der Waals surface area contributed by atoms with Crippen molar-refractivity contribution in [2.75, 3.05) is 19.7 Å². The largest absolute Gasteiger partial charge is 0.474 e. The molecule has 6 rings (SSSR count). The van der Waals surface area contributed by atoms with E-state index in [9.17, 15) is 22.0 Å². The summed E-state index contributed by atoms with van der Waals surface area (Å²) < 4.78 is 60.2. The van der Waals surface area contributed by atoms with E-state index in [0.29, 0.717) is 54.7 Å². The summed E-state index contributed by atoms with van der Waals surface area (Å²) in [6.45, 7) is 2.88. The smallest absolute Gasteiger partial charge is 0.270 e. The summed E-state index contributed by atoms with van der Waals surface area (Å²) in [5.74, 6) is -0.828. The fraction of sp³-hybridized carbons (Fsp3) is 0.545. The second kappa shape index (κ2) is 7.19. The number of thiazole rings is 1. The molecular weight excluding hydrogens is 472 g/mol. The van der Waals surface area contributed by atoms with Crippen molar-refractivity contribution < 1.29 is 26.7 Å². The second-order valence-electron chi connectivity index (χ2n) is 9.68. The molecule has 3 fully saturated rings. The first-order valence-corrected chi connectivity index (χ1v) is 13.3. The molecule has 3 heterocycles. The molecule has 0 radical (unpaired) electrons. The Morgan fingerprint density at radius 1 is 1.24 bits per heavy atom. The van der Waals surface area contributed by atoms with Crippen LogP contribution in [0.15, 0.2) is 29.2 Å². The molecule has 4 aliphatic rings. The van der Waals surface area contributed by atoms with Crippen molar-refractivity contribution in [1.29, 1.82) is 0 Å². The molecule has 2 saturated carbocycles. The van der Waals surface area contributed by atoms with E-state index in [4.69, 9.17) is 4.74 Å². The highest BCUT2D eigenvalue weighted by Crippen LogP contribution is 2.53. The minimum atomic E-state index is -3.87. The van der Waals surface area contributed by atoms with Gasteiger partial charge in [-0.05, 0) is 38.3 Å². The van der Waals surface area contributed by atoms with Gasteiger partial charge in [0.15, 0.2) is 4.88 Å². The number of aromatic nitrogens is 1. The first-order valence-electron chi connectivity index (χ1n) is 11.0. The Labute approximate surface area is 194 Å². The topological polar surface area (TPSA) is 79.8 Å². The molecule has 11 heteroatoms. The molecule has 1 amide bonds. The Morgan fingerprint density at radius 3 is 2.61 bits per heavy atom. The third-order valence-corrected chi connectivity index (χ3v) is 10.2. The third-order valence-electron chi connectivity index (χ3n) is 7.22. The van der Waals surface area contributed by atoms with Crippen LogP contribution in [-0.2, 0) is 10.0 Å². The minimum absolute atomic E-state index is 0.0271. The van der Waals surface area contributed by atoms with Crippen LogP contribution in [0.25, 0.3) is 0 Å². The van der Waals surface area contributed by atoms with E-state index in [2.05, 4.69) is 4.98 Å². The maximum atomic E-state index is 14.0. The number of hydrogen-bond donors (Lipinski definition) is 0. The van der Waals surface area contributed by atoms with Gasteiger partial charge >= 0.3 is 0 Å². The molecular formula is C22H23F2N3O4S2. The van der Waals surface area contributed by atoms with Gasteiger partial charge in [0.2, 0.25) is 15.9 Å². The highest BCUT2D eigenvalue weighted by Gasteiger charge is 2.58. The lowest BCUT2D eigenvalue weighted by Gasteiger charge is -2.60. The van der Waals surface area contributed by atoms with Gasteiger partial charge in [-0.3, -0.25) is 4.79 Å². The lowest BCUT2D eigenvalue weighted by molar-refractivity contribution is -0.0755. The van der Waals surface area contributed by atoms with Gasteiger partial charge in [0.1, 0.15) is 28.5 Å². The predicted octanol–water partition coefficient (Wildman–Crippen LogP) is 3.18. The molecule has 1 spiro atoms. The summed E-state index contributed by atoms with van der Waals surface area (Å²) in [4.78, 5) is 19.7. The molecule has 7 nitrogen and oxygen atoms in total. The molecule has 1 saturated heterocycles. The van der Waals surface area contributed by atoms with Crippen LogP contribution in [0, 0.1) is 11.2 Å². The minimum Gasteiger partial charge on any atom is -0.474 e. The Hall–Kier alpha value is -2.11. The van der Waals surface area contributed by atoms with Crippen LogP contribution >= 0.6 is 11.3 Å². The summed E-state index contributed by atoms with van der Waals surface area (Å²) in [6, 6.07) is 5.22. The lowest BCUT2D eigenvalue weighted by atomic mass is 9.61. The zero-order valence-electron chi connectivity index (χ0n) is 17.9. The standard InChI is InChI=1S/C22H23F2N3O4S2/c1-12-9-31-19-18(32-20(25-19)14-6-16(14)24)21(28)27(12)13-7-22(8-13)10-26(11-22)33(29,30)17-5-3-2-4-15(17)23/h2-5,12-14,16H,6-11H2,1H3/t12-,14+,16+/m1/s1. The van der Waals surface area contributed by atoms with Gasteiger partial charge in [-0.25, -0.2) is 22.2 Å². The lowest BCUT2D eigenvalue weighted by Crippen LogP contribution is -2.68. The van der Waals surface area contributed by atoms with Gasteiger partial charge in [-0.15, -0.1) is 11.3 Å². The SMILES string of the molecule is C[C@@H]1COc2nc([C@H]3C[C@@H]3F)sc2C(=O)N1C1CC2(C1)CN(S(=O)(=O)c1ccccc1F)C2. The number of carbonyl (C=O) groups excluding carboxylic acids is 1. The molecule has 3 atom stereocenters. The predicted molar refractivity (Wildman–Crippen MR) is 116 cm³/mol. The van der Waals surface area contributed by atoms with Crippen molar-refractivity contribution in [3.8, 4) is 5.88 Å². The Balaban J connectivity index is 1.15. The van der Waals surface area contributed by atoms with Crippen molar-refractivity contribution in [3.05, 3.63) is 40.0 Å². The van der Waals surface area contributed by atoms with E-state index < -0.39 is 22.0 Å². The van der Waals surface area contributed by atoms with E-state index >= 15 is 0 Å². The molecule has 1 aromatic carbocycles. The molecule has 0 bridgehead atoms. The van der Waals surface area contributed by atoms with Crippen molar-refractivity contribution in [2.45, 2.75) is 55.3 Å². The summed E-state index contributed by atoms with van der Waals surface area (Å²) in [7, 11) is -3.87. The van der Waals surface area contributed by atoms with Crippen LogP contribution < -0.4 is 4.74 Å². The van der Waals surface area contributed by atoms with Crippen LogP contribution in [0.2, 0.25) is 0 Å². The quantitative estimate of drug-likeness (QED) is 0.651. The fourth-order valence-electron chi connectivity index (χ4n) is 5.32. The summed E-state index contributed by atoms with van der Waals surface area (Å²) in [6.07, 6.45) is 0.919. The number of fused-ring (bicyclic) bond motifs is 1. The number of nitrogens with zero attached hydrogens (tertiary/aromatic N) is 3. The molecule has 2 aromatic rings. The van der Waals surface area contributed by atoms with E-state index in [-0.39, 0.29) is 34.2 Å². The van der Waals surface area contributed by atoms with E-state index in [1.807, 2.05) is 11.8 Å². The van der Waals surface area contributed by atoms with E-state index in [0.717, 1.165) is 6.07 Å². The molecule has 33 heavy (non-hydrogen) atoms. The number of amides is 1. The van der Waals surface area contributed by atoms with Gasteiger partial charge < -0.3 is 9.64 Å². The molecule has 0 unspecified atom stereocenters. The highest BCUT2D eigenvalue weighted by atomic mass is 32.2. The molecule has 176 valence electrons.